The third kappa shape index (κ3) is 3.32. The van der Waals surface area contributed by atoms with Gasteiger partial charge in [-0.1, -0.05) is 0 Å². The maximum Gasteiger partial charge on any atom is 0.262 e. The molecule has 0 aliphatic carbocycles. The van der Waals surface area contributed by atoms with E-state index in [1.54, 1.807) is 25.3 Å². The summed E-state index contributed by atoms with van der Waals surface area (Å²) in [6.07, 6.45) is 1.51. The van der Waals surface area contributed by atoms with Gasteiger partial charge in [-0.05, 0) is 27.7 Å². The molecule has 1 aromatic heterocycles. The van der Waals surface area contributed by atoms with Crippen molar-refractivity contribution in [3.63, 3.8) is 0 Å². The Kier molecular flexibility index (Phi) is 4.70. The first kappa shape index (κ1) is 15.6. The lowest BCUT2D eigenvalue weighted by Gasteiger charge is -2.24. The van der Waals surface area contributed by atoms with Crippen LogP contribution in [0.2, 0.25) is 0 Å². The van der Waals surface area contributed by atoms with Crippen LogP contribution >= 0.6 is 0 Å². The highest BCUT2D eigenvalue weighted by Gasteiger charge is 2.30. The number of aromatic nitrogens is 2. The van der Waals surface area contributed by atoms with Gasteiger partial charge >= 0.3 is 0 Å². The predicted molar refractivity (Wildman–Crippen MR) is 73.6 cm³/mol. The number of nitrogens with zero attached hydrogens (tertiary/aromatic N) is 3. The van der Waals surface area contributed by atoms with E-state index in [0.717, 1.165) is 0 Å². The summed E-state index contributed by atoms with van der Waals surface area (Å²) >= 11 is 0. The molecule has 0 bridgehead atoms. The summed E-state index contributed by atoms with van der Waals surface area (Å²) in [5, 5.41) is 7.29. The molecule has 0 amide bonds. The van der Waals surface area contributed by atoms with Gasteiger partial charge in [0.2, 0.25) is 0 Å². The summed E-state index contributed by atoms with van der Waals surface area (Å²) in [4.78, 5) is 4.09. The number of nitrogens with two attached hydrogens (primary N) is 1. The van der Waals surface area contributed by atoms with E-state index < -0.39 is 10.0 Å². The molecule has 1 rings (SSSR count). The minimum atomic E-state index is -3.73. The molecule has 7 nitrogen and oxygen atoms in total. The molecule has 0 spiro atoms. The fourth-order valence-corrected chi connectivity index (χ4v) is 3.37. The molecule has 3 N–H and O–H groups in total. The lowest BCUT2D eigenvalue weighted by molar-refractivity contribution is 0.387. The molecule has 0 aliphatic heterocycles. The average Bonchev–Trinajstić information content (AvgIpc) is 2.67. The van der Waals surface area contributed by atoms with E-state index >= 15 is 0 Å². The number of amidine groups is 1. The van der Waals surface area contributed by atoms with E-state index in [1.807, 2.05) is 6.92 Å². The Morgan fingerprint density at radius 3 is 2.53 bits per heavy atom. The highest BCUT2D eigenvalue weighted by molar-refractivity contribution is 7.89. The Balaban J connectivity index is 3.22. The molecular weight excluding hydrogens is 266 g/mol. The van der Waals surface area contributed by atoms with Crippen LogP contribution in [0.15, 0.2) is 11.2 Å². The van der Waals surface area contributed by atoms with Crippen molar-refractivity contribution in [3.05, 3.63) is 12.0 Å². The summed E-state index contributed by atoms with van der Waals surface area (Å²) in [5.41, 5.74) is 5.32. The van der Waals surface area contributed by atoms with Gasteiger partial charge in [-0.15, -0.1) is 0 Å². The fraction of sp³-hybridized carbons (Fsp3) is 0.636. The summed E-state index contributed by atoms with van der Waals surface area (Å²) in [6, 6.07) is -0.291. The minimum Gasteiger partial charge on any atom is -0.387 e. The van der Waals surface area contributed by atoms with Gasteiger partial charge in [-0.3, -0.25) is 5.41 Å². The van der Waals surface area contributed by atoms with Crippen LogP contribution in [-0.4, -0.2) is 40.7 Å². The molecule has 0 aliphatic rings. The van der Waals surface area contributed by atoms with Gasteiger partial charge in [0.15, 0.2) is 5.03 Å². The van der Waals surface area contributed by atoms with Gasteiger partial charge in [0, 0.05) is 18.8 Å². The zero-order valence-corrected chi connectivity index (χ0v) is 12.5. The Morgan fingerprint density at radius 2 is 2.16 bits per heavy atom. The van der Waals surface area contributed by atoms with Crippen LogP contribution in [-0.2, 0) is 16.6 Å². The average molecular weight is 287 g/mol. The normalized spacial score (nSPS) is 12.3. The second-order valence-corrected chi connectivity index (χ2v) is 6.42. The number of hydrogen-bond donors (Lipinski definition) is 2. The standard InChI is InChI=1S/C11H21N5O2S/c1-5-15-7-11(14-9(15)4)19(17,18)16(8(2)3)6-10(12)13/h7-8H,5-6H2,1-4H3,(H3,12,13). The molecule has 1 aromatic rings. The zero-order chi connectivity index (χ0) is 14.8. The van der Waals surface area contributed by atoms with Crippen molar-refractivity contribution in [1.82, 2.24) is 13.9 Å². The molecule has 0 aromatic carbocycles. The van der Waals surface area contributed by atoms with Gasteiger partial charge in [0.1, 0.15) is 11.7 Å². The first-order valence-corrected chi connectivity index (χ1v) is 7.52. The maximum atomic E-state index is 12.5. The smallest absolute Gasteiger partial charge is 0.262 e. The number of hydrogen-bond acceptors (Lipinski definition) is 4. The van der Waals surface area contributed by atoms with E-state index in [2.05, 4.69) is 4.98 Å². The lowest BCUT2D eigenvalue weighted by Crippen LogP contribution is -2.42. The van der Waals surface area contributed by atoms with Crippen molar-refractivity contribution in [2.24, 2.45) is 5.73 Å². The number of imidazole rings is 1. The molecule has 8 heteroatoms. The van der Waals surface area contributed by atoms with Gasteiger partial charge in [0.25, 0.3) is 10.0 Å². The van der Waals surface area contributed by atoms with Gasteiger partial charge in [-0.25, -0.2) is 13.4 Å². The van der Waals surface area contributed by atoms with E-state index in [-0.39, 0.29) is 23.4 Å². The van der Waals surface area contributed by atoms with Crippen molar-refractivity contribution in [1.29, 1.82) is 5.41 Å². The molecule has 0 fully saturated rings. The van der Waals surface area contributed by atoms with E-state index in [9.17, 15) is 8.42 Å². The predicted octanol–water partition coefficient (Wildman–Crippen LogP) is 0.546. The molecule has 108 valence electrons. The quantitative estimate of drug-likeness (QED) is 0.588. The SMILES string of the molecule is CCn1cc(S(=O)(=O)N(CC(=N)N)C(C)C)nc1C. The Bertz CT molecular complexity index is 562. The Labute approximate surface area is 114 Å². The van der Waals surface area contributed by atoms with Crippen LogP contribution in [0.3, 0.4) is 0 Å². The third-order valence-corrected chi connectivity index (χ3v) is 4.66. The van der Waals surface area contributed by atoms with Gasteiger partial charge < -0.3 is 10.3 Å². The first-order valence-electron chi connectivity index (χ1n) is 6.08. The molecule has 0 saturated heterocycles. The van der Waals surface area contributed by atoms with Crippen LogP contribution in [0, 0.1) is 12.3 Å². The second kappa shape index (κ2) is 5.70. The van der Waals surface area contributed by atoms with Crippen molar-refractivity contribution in [2.75, 3.05) is 6.54 Å². The van der Waals surface area contributed by atoms with Crippen LogP contribution in [0.4, 0.5) is 0 Å². The van der Waals surface area contributed by atoms with Gasteiger partial charge in [-0.2, -0.15) is 4.31 Å². The fourth-order valence-electron chi connectivity index (χ4n) is 1.76. The molecule has 0 unspecified atom stereocenters. The highest BCUT2D eigenvalue weighted by Crippen LogP contribution is 2.17. The van der Waals surface area contributed by atoms with Crippen molar-refractivity contribution >= 4 is 15.9 Å². The number of rotatable bonds is 6. The van der Waals surface area contributed by atoms with Crippen LogP contribution in [0.5, 0.6) is 0 Å². The van der Waals surface area contributed by atoms with Crippen molar-refractivity contribution in [3.8, 4) is 0 Å². The summed E-state index contributed by atoms with van der Waals surface area (Å²) in [6.45, 7) is 7.68. The molecule has 0 radical (unpaired) electrons. The van der Waals surface area contributed by atoms with Crippen LogP contribution in [0.1, 0.15) is 26.6 Å². The largest absolute Gasteiger partial charge is 0.387 e. The van der Waals surface area contributed by atoms with Crippen LogP contribution in [0.25, 0.3) is 0 Å². The molecule has 0 atom stereocenters. The van der Waals surface area contributed by atoms with E-state index in [4.69, 9.17) is 11.1 Å². The number of nitrogens with one attached hydrogen (secondary N) is 1. The Hall–Kier alpha value is -1.41. The molecular formula is C11H21N5O2S. The minimum absolute atomic E-state index is 0.00167. The van der Waals surface area contributed by atoms with E-state index in [0.29, 0.717) is 12.4 Å². The maximum absolute atomic E-state index is 12.5. The summed E-state index contributed by atoms with van der Waals surface area (Å²) < 4.78 is 27.9. The third-order valence-electron chi connectivity index (χ3n) is 2.77. The second-order valence-electron chi connectivity index (χ2n) is 4.58. The zero-order valence-electron chi connectivity index (χ0n) is 11.7. The molecule has 1 heterocycles. The van der Waals surface area contributed by atoms with Crippen LogP contribution < -0.4 is 5.73 Å². The van der Waals surface area contributed by atoms with E-state index in [1.165, 1.54) is 10.5 Å². The van der Waals surface area contributed by atoms with Crippen molar-refractivity contribution in [2.45, 2.75) is 45.3 Å². The topological polar surface area (TPSA) is 105 Å². The van der Waals surface area contributed by atoms with Gasteiger partial charge in [0.05, 0.1) is 6.54 Å². The number of sulfonamides is 1. The molecule has 19 heavy (non-hydrogen) atoms. The first-order chi connectivity index (χ1) is 8.70. The summed E-state index contributed by atoms with van der Waals surface area (Å²) in [7, 11) is -3.73. The molecule has 0 saturated carbocycles. The van der Waals surface area contributed by atoms with Crippen molar-refractivity contribution < 1.29 is 8.42 Å². The monoisotopic (exact) mass is 287 g/mol. The highest BCUT2D eigenvalue weighted by atomic mass is 32.2. The number of aryl methyl sites for hydroxylation is 2. The summed E-state index contributed by atoms with van der Waals surface area (Å²) in [5.74, 6) is 0.455. The lowest BCUT2D eigenvalue weighted by atomic mass is 10.4. The Morgan fingerprint density at radius 1 is 1.58 bits per heavy atom.